The Morgan fingerprint density at radius 3 is 2.41 bits per heavy atom. The van der Waals surface area contributed by atoms with Crippen molar-refractivity contribution in [1.29, 1.82) is 0 Å². The van der Waals surface area contributed by atoms with Gasteiger partial charge in [0.15, 0.2) is 0 Å². The molecule has 0 atom stereocenters. The quantitative estimate of drug-likeness (QED) is 0.460. The van der Waals surface area contributed by atoms with E-state index in [-0.39, 0.29) is 5.60 Å². The van der Waals surface area contributed by atoms with Gasteiger partial charge in [0.05, 0.1) is 6.21 Å². The lowest BCUT2D eigenvalue weighted by Gasteiger charge is -2.18. The van der Waals surface area contributed by atoms with Crippen molar-refractivity contribution < 1.29 is 9.94 Å². The molecule has 1 heterocycles. The molecule has 0 aromatic heterocycles. The van der Waals surface area contributed by atoms with Gasteiger partial charge in [0.2, 0.25) is 0 Å². The first-order chi connectivity index (χ1) is 7.87. The van der Waals surface area contributed by atoms with Gasteiger partial charge in [0, 0.05) is 17.5 Å². The lowest BCUT2D eigenvalue weighted by atomic mass is 9.90. The standard InChI is InChI=1S/C14H19NO2/c1-8-9(2)13-11(6-14(4,5)17-13)10(3)12(8)7-15-16/h7,16H,6H2,1-5H3/b15-7+. The van der Waals surface area contributed by atoms with Gasteiger partial charge in [-0.15, -0.1) is 0 Å². The number of oxime groups is 1. The molecule has 0 aliphatic carbocycles. The summed E-state index contributed by atoms with van der Waals surface area (Å²) in [5.74, 6) is 1.01. The van der Waals surface area contributed by atoms with Crippen LogP contribution in [0.2, 0.25) is 0 Å². The largest absolute Gasteiger partial charge is 0.487 e. The van der Waals surface area contributed by atoms with E-state index in [0.717, 1.165) is 34.4 Å². The van der Waals surface area contributed by atoms with Crippen LogP contribution in [0.1, 0.15) is 41.7 Å². The molecule has 1 N–H and O–H groups in total. The fourth-order valence-electron chi connectivity index (χ4n) is 2.55. The van der Waals surface area contributed by atoms with Crippen LogP contribution in [0.4, 0.5) is 0 Å². The Balaban J connectivity index is 2.69. The SMILES string of the molecule is Cc1c(C)c2c(c(C)c1/C=N/O)CC(C)(C)O2. The molecule has 0 saturated carbocycles. The molecule has 1 aromatic rings. The van der Waals surface area contributed by atoms with Gasteiger partial charge < -0.3 is 9.94 Å². The zero-order chi connectivity index (χ0) is 12.8. The molecule has 0 fully saturated rings. The van der Waals surface area contributed by atoms with Crippen LogP contribution in [0.3, 0.4) is 0 Å². The molecule has 1 aliphatic heterocycles. The van der Waals surface area contributed by atoms with Crippen molar-refractivity contribution in [3.63, 3.8) is 0 Å². The predicted octanol–water partition coefficient (Wildman–Crippen LogP) is 3.13. The van der Waals surface area contributed by atoms with E-state index in [2.05, 4.69) is 32.9 Å². The van der Waals surface area contributed by atoms with Gasteiger partial charge in [-0.05, 0) is 51.3 Å². The third-order valence-electron chi connectivity index (χ3n) is 3.61. The number of fused-ring (bicyclic) bond motifs is 1. The summed E-state index contributed by atoms with van der Waals surface area (Å²) in [6.45, 7) is 10.4. The summed E-state index contributed by atoms with van der Waals surface area (Å²) in [5, 5.41) is 11.9. The topological polar surface area (TPSA) is 41.8 Å². The first-order valence-corrected chi connectivity index (χ1v) is 5.86. The molecule has 0 amide bonds. The summed E-state index contributed by atoms with van der Waals surface area (Å²) in [7, 11) is 0. The normalized spacial score (nSPS) is 17.2. The van der Waals surface area contributed by atoms with Gasteiger partial charge in [-0.3, -0.25) is 0 Å². The van der Waals surface area contributed by atoms with Gasteiger partial charge in [0.25, 0.3) is 0 Å². The minimum absolute atomic E-state index is 0.140. The molecule has 3 heteroatoms. The maximum atomic E-state index is 8.75. The Kier molecular flexibility index (Phi) is 2.64. The van der Waals surface area contributed by atoms with Gasteiger partial charge in [0.1, 0.15) is 11.4 Å². The molecule has 3 nitrogen and oxygen atoms in total. The molecule has 92 valence electrons. The third kappa shape index (κ3) is 1.79. The van der Waals surface area contributed by atoms with E-state index in [1.807, 2.05) is 6.92 Å². The van der Waals surface area contributed by atoms with Crippen LogP contribution in [-0.2, 0) is 6.42 Å². The fraction of sp³-hybridized carbons (Fsp3) is 0.500. The fourth-order valence-corrected chi connectivity index (χ4v) is 2.55. The second-order valence-electron chi connectivity index (χ2n) is 5.38. The van der Waals surface area contributed by atoms with Gasteiger partial charge in [-0.1, -0.05) is 5.16 Å². The lowest BCUT2D eigenvalue weighted by Crippen LogP contribution is -2.24. The number of ether oxygens (including phenoxy) is 1. The second kappa shape index (κ2) is 3.76. The molecular formula is C14H19NO2. The lowest BCUT2D eigenvalue weighted by molar-refractivity contribution is 0.137. The number of nitrogens with zero attached hydrogens (tertiary/aromatic N) is 1. The van der Waals surface area contributed by atoms with E-state index in [9.17, 15) is 0 Å². The van der Waals surface area contributed by atoms with Crippen LogP contribution in [0, 0.1) is 20.8 Å². The number of rotatable bonds is 1. The van der Waals surface area contributed by atoms with Crippen molar-refractivity contribution in [2.75, 3.05) is 0 Å². The monoisotopic (exact) mass is 233 g/mol. The third-order valence-corrected chi connectivity index (χ3v) is 3.61. The van der Waals surface area contributed by atoms with Gasteiger partial charge in [-0.25, -0.2) is 0 Å². The Bertz CT molecular complexity index is 502. The van der Waals surface area contributed by atoms with E-state index >= 15 is 0 Å². The average Bonchev–Trinajstić information content (AvgIpc) is 2.58. The van der Waals surface area contributed by atoms with E-state index in [1.165, 1.54) is 11.8 Å². The van der Waals surface area contributed by atoms with Crippen LogP contribution in [-0.4, -0.2) is 17.0 Å². The van der Waals surface area contributed by atoms with Gasteiger partial charge >= 0.3 is 0 Å². The molecule has 1 aromatic carbocycles. The molecule has 0 saturated heterocycles. The van der Waals surface area contributed by atoms with Crippen molar-refractivity contribution in [2.45, 2.75) is 46.6 Å². The van der Waals surface area contributed by atoms with Crippen molar-refractivity contribution in [2.24, 2.45) is 5.16 Å². The number of benzene rings is 1. The smallest absolute Gasteiger partial charge is 0.126 e. The minimum Gasteiger partial charge on any atom is -0.487 e. The molecule has 0 radical (unpaired) electrons. The summed E-state index contributed by atoms with van der Waals surface area (Å²) in [4.78, 5) is 0. The highest BCUT2D eigenvalue weighted by Crippen LogP contribution is 2.42. The zero-order valence-corrected chi connectivity index (χ0v) is 11.1. The Hall–Kier alpha value is -1.51. The van der Waals surface area contributed by atoms with Crippen molar-refractivity contribution >= 4 is 6.21 Å². The van der Waals surface area contributed by atoms with E-state index in [4.69, 9.17) is 9.94 Å². The molecule has 2 rings (SSSR count). The summed E-state index contributed by atoms with van der Waals surface area (Å²) in [6, 6.07) is 0. The summed E-state index contributed by atoms with van der Waals surface area (Å²) in [5.41, 5.74) is 5.53. The van der Waals surface area contributed by atoms with Crippen molar-refractivity contribution in [1.82, 2.24) is 0 Å². The maximum Gasteiger partial charge on any atom is 0.126 e. The van der Waals surface area contributed by atoms with Crippen LogP contribution in [0.5, 0.6) is 5.75 Å². The average molecular weight is 233 g/mol. The maximum absolute atomic E-state index is 8.75. The van der Waals surface area contributed by atoms with E-state index < -0.39 is 0 Å². The summed E-state index contributed by atoms with van der Waals surface area (Å²) in [6.07, 6.45) is 2.42. The van der Waals surface area contributed by atoms with Crippen LogP contribution in [0.25, 0.3) is 0 Å². The predicted molar refractivity (Wildman–Crippen MR) is 68.4 cm³/mol. The minimum atomic E-state index is -0.140. The zero-order valence-electron chi connectivity index (χ0n) is 11.1. The second-order valence-corrected chi connectivity index (χ2v) is 5.38. The molecule has 0 bridgehead atoms. The Labute approximate surface area is 102 Å². The van der Waals surface area contributed by atoms with E-state index in [0.29, 0.717) is 0 Å². The molecule has 0 unspecified atom stereocenters. The van der Waals surface area contributed by atoms with E-state index in [1.54, 1.807) is 0 Å². The molecule has 0 spiro atoms. The Morgan fingerprint density at radius 2 is 1.82 bits per heavy atom. The molecular weight excluding hydrogens is 214 g/mol. The highest BCUT2D eigenvalue weighted by molar-refractivity contribution is 5.85. The highest BCUT2D eigenvalue weighted by atomic mass is 16.5. The first-order valence-electron chi connectivity index (χ1n) is 5.86. The van der Waals surface area contributed by atoms with Crippen LogP contribution in [0.15, 0.2) is 5.16 Å². The van der Waals surface area contributed by atoms with Gasteiger partial charge in [-0.2, -0.15) is 0 Å². The number of hydrogen-bond acceptors (Lipinski definition) is 3. The number of hydrogen-bond donors (Lipinski definition) is 1. The summed E-state index contributed by atoms with van der Waals surface area (Å²) < 4.78 is 6.01. The molecule has 1 aliphatic rings. The van der Waals surface area contributed by atoms with Crippen LogP contribution >= 0.6 is 0 Å². The van der Waals surface area contributed by atoms with Crippen molar-refractivity contribution in [3.05, 3.63) is 27.8 Å². The Morgan fingerprint density at radius 1 is 1.18 bits per heavy atom. The summed E-state index contributed by atoms with van der Waals surface area (Å²) >= 11 is 0. The first kappa shape index (κ1) is 12.0. The highest BCUT2D eigenvalue weighted by Gasteiger charge is 2.33. The van der Waals surface area contributed by atoms with Crippen molar-refractivity contribution in [3.8, 4) is 5.75 Å². The van der Waals surface area contributed by atoms with Crippen LogP contribution < -0.4 is 4.74 Å². The molecule has 17 heavy (non-hydrogen) atoms.